The number of amides is 3. The van der Waals surface area contributed by atoms with Crippen molar-refractivity contribution < 1.29 is 14.3 Å². The second-order valence-corrected chi connectivity index (χ2v) is 8.59. The first-order valence-corrected chi connectivity index (χ1v) is 9.74. The topological polar surface area (TPSA) is 70.7 Å². The molecule has 6 nitrogen and oxygen atoms in total. The van der Waals surface area contributed by atoms with Gasteiger partial charge >= 0.3 is 12.1 Å². The van der Waals surface area contributed by atoms with Gasteiger partial charge in [-0.1, -0.05) is 0 Å². The largest absolute Gasteiger partial charge is 0.438 e. The van der Waals surface area contributed by atoms with E-state index in [9.17, 15) is 9.59 Å². The molecule has 0 bridgehead atoms. The van der Waals surface area contributed by atoms with Crippen LogP contribution in [0.3, 0.4) is 0 Å². The summed E-state index contributed by atoms with van der Waals surface area (Å²) in [7, 11) is 0. The van der Waals surface area contributed by atoms with Crippen LogP contribution in [-0.4, -0.2) is 59.8 Å². The van der Waals surface area contributed by atoms with Gasteiger partial charge < -0.3 is 20.3 Å². The van der Waals surface area contributed by atoms with Crippen LogP contribution in [0.1, 0.15) is 39.5 Å². The molecule has 2 aliphatic heterocycles. The zero-order valence-corrected chi connectivity index (χ0v) is 15.1. The number of hydrogen-bond acceptors (Lipinski definition) is 4. The Labute approximate surface area is 142 Å². The van der Waals surface area contributed by atoms with E-state index in [1.807, 2.05) is 25.6 Å². The highest BCUT2D eigenvalue weighted by Crippen LogP contribution is 2.50. The van der Waals surface area contributed by atoms with Crippen LogP contribution in [0.25, 0.3) is 0 Å². The molecule has 23 heavy (non-hydrogen) atoms. The van der Waals surface area contributed by atoms with Crippen LogP contribution in [0, 0.1) is 5.41 Å². The number of rotatable bonds is 5. The molecule has 2 saturated heterocycles. The zero-order chi connectivity index (χ0) is 16.7. The molecule has 2 N–H and O–H groups in total. The zero-order valence-electron chi connectivity index (χ0n) is 14.2. The van der Waals surface area contributed by atoms with Crippen LogP contribution in [0.2, 0.25) is 0 Å². The number of hydrogen-bond donors (Lipinski definition) is 2. The third-order valence-corrected chi connectivity index (χ3v) is 6.60. The van der Waals surface area contributed by atoms with Crippen molar-refractivity contribution in [2.24, 2.45) is 5.41 Å². The summed E-state index contributed by atoms with van der Waals surface area (Å²) in [5.74, 6) is 1.19. The van der Waals surface area contributed by atoms with Crippen molar-refractivity contribution in [2.45, 2.75) is 50.7 Å². The fourth-order valence-electron chi connectivity index (χ4n) is 3.74. The average Bonchev–Trinajstić information content (AvgIpc) is 3.00. The molecule has 0 aromatic carbocycles. The van der Waals surface area contributed by atoms with Crippen molar-refractivity contribution in [3.8, 4) is 0 Å². The average molecular weight is 341 g/mol. The van der Waals surface area contributed by atoms with Crippen molar-refractivity contribution in [1.82, 2.24) is 15.5 Å². The van der Waals surface area contributed by atoms with E-state index in [-0.39, 0.29) is 12.1 Å². The Morgan fingerprint density at radius 1 is 1.39 bits per heavy atom. The fourth-order valence-corrected chi connectivity index (χ4v) is 4.79. The van der Waals surface area contributed by atoms with Crippen molar-refractivity contribution >= 4 is 23.9 Å². The Morgan fingerprint density at radius 3 is 2.70 bits per heavy atom. The van der Waals surface area contributed by atoms with Gasteiger partial charge in [-0.05, 0) is 50.5 Å². The van der Waals surface area contributed by atoms with Gasteiger partial charge in [-0.25, -0.2) is 9.59 Å². The van der Waals surface area contributed by atoms with Crippen LogP contribution >= 0.6 is 11.8 Å². The second kappa shape index (κ2) is 5.76. The van der Waals surface area contributed by atoms with Crippen LogP contribution in [0.15, 0.2) is 0 Å². The lowest BCUT2D eigenvalue weighted by Gasteiger charge is -2.34. The Morgan fingerprint density at radius 2 is 2.13 bits per heavy atom. The lowest BCUT2D eigenvalue weighted by atomic mass is 9.83. The molecular weight excluding hydrogens is 314 g/mol. The molecule has 7 heteroatoms. The molecule has 1 aliphatic carbocycles. The van der Waals surface area contributed by atoms with Crippen molar-refractivity contribution in [3.63, 3.8) is 0 Å². The van der Waals surface area contributed by atoms with Gasteiger partial charge in [0, 0.05) is 19.5 Å². The predicted molar refractivity (Wildman–Crippen MR) is 90.7 cm³/mol. The third-order valence-electron chi connectivity index (χ3n) is 5.70. The number of nitrogens with zero attached hydrogens (tertiary/aromatic N) is 1. The quantitative estimate of drug-likeness (QED) is 0.804. The summed E-state index contributed by atoms with van der Waals surface area (Å²) < 4.78 is 5.53. The first-order valence-electron chi connectivity index (χ1n) is 8.34. The Bertz CT molecular complexity index is 507. The van der Waals surface area contributed by atoms with Crippen LogP contribution in [0.5, 0.6) is 0 Å². The molecule has 1 spiro atoms. The Balaban J connectivity index is 1.49. The van der Waals surface area contributed by atoms with Gasteiger partial charge in [0.15, 0.2) is 5.60 Å². The predicted octanol–water partition coefficient (Wildman–Crippen LogP) is 2.19. The Kier molecular flexibility index (Phi) is 4.19. The van der Waals surface area contributed by atoms with Crippen molar-refractivity contribution in [2.75, 3.05) is 31.6 Å². The van der Waals surface area contributed by atoms with E-state index in [4.69, 9.17) is 4.74 Å². The summed E-state index contributed by atoms with van der Waals surface area (Å²) in [6, 6.07) is -0.0411. The maximum atomic E-state index is 12.4. The number of urea groups is 1. The van der Waals surface area contributed by atoms with E-state index < -0.39 is 11.1 Å². The van der Waals surface area contributed by atoms with Gasteiger partial charge in [0.1, 0.15) is 0 Å². The summed E-state index contributed by atoms with van der Waals surface area (Å²) >= 11 is 1.89. The SMILES string of the molecule is CSCC1(CCNC(=O)N2CCC3(C2)OC(=O)NC3(C)C)CC1. The lowest BCUT2D eigenvalue weighted by molar-refractivity contribution is 0.0220. The number of carbonyl (C=O) groups excluding carboxylic acids is 2. The number of nitrogens with one attached hydrogen (secondary N) is 2. The van der Waals surface area contributed by atoms with Gasteiger partial charge in [0.25, 0.3) is 0 Å². The molecule has 3 fully saturated rings. The summed E-state index contributed by atoms with van der Waals surface area (Å²) in [5, 5.41) is 5.89. The van der Waals surface area contributed by atoms with Crippen LogP contribution in [0.4, 0.5) is 9.59 Å². The maximum Gasteiger partial charge on any atom is 0.408 e. The molecule has 1 saturated carbocycles. The number of thioether (sulfide) groups is 1. The minimum absolute atomic E-state index is 0.0411. The van der Waals surface area contributed by atoms with Gasteiger partial charge in [0.2, 0.25) is 0 Å². The highest BCUT2D eigenvalue weighted by atomic mass is 32.2. The van der Waals surface area contributed by atoms with E-state index in [1.54, 1.807) is 4.90 Å². The number of ether oxygens (including phenoxy) is 1. The highest BCUT2D eigenvalue weighted by molar-refractivity contribution is 7.98. The minimum Gasteiger partial charge on any atom is -0.438 e. The molecule has 130 valence electrons. The summed E-state index contributed by atoms with van der Waals surface area (Å²) in [5.41, 5.74) is -0.584. The van der Waals surface area contributed by atoms with Gasteiger partial charge in [-0.3, -0.25) is 0 Å². The third kappa shape index (κ3) is 3.12. The van der Waals surface area contributed by atoms with Crippen molar-refractivity contribution in [1.29, 1.82) is 0 Å². The van der Waals surface area contributed by atoms with E-state index in [1.165, 1.54) is 18.6 Å². The maximum absolute atomic E-state index is 12.4. The van der Waals surface area contributed by atoms with Gasteiger partial charge in [0.05, 0.1) is 12.1 Å². The smallest absolute Gasteiger partial charge is 0.408 e. The van der Waals surface area contributed by atoms with Crippen LogP contribution < -0.4 is 10.6 Å². The standard InChI is InChI=1S/C16H27N3O3S/c1-14(2)16(22-13(21)18-14)7-9-19(10-16)12(20)17-8-6-15(4-5-15)11-23-3/h4-11H2,1-3H3,(H,17,20)(H,18,21). The van der Waals surface area contributed by atoms with E-state index in [2.05, 4.69) is 16.9 Å². The van der Waals surface area contributed by atoms with Crippen molar-refractivity contribution in [3.05, 3.63) is 0 Å². The van der Waals surface area contributed by atoms with E-state index in [0.29, 0.717) is 24.9 Å². The molecular formula is C16H27N3O3S. The minimum atomic E-state index is -0.599. The molecule has 1 atom stereocenters. The molecule has 3 amide bonds. The summed E-state index contributed by atoms with van der Waals surface area (Å²) in [6.45, 7) is 5.72. The molecule has 1 unspecified atom stereocenters. The first kappa shape index (κ1) is 16.7. The lowest BCUT2D eigenvalue weighted by Crippen LogP contribution is -2.54. The molecule has 2 heterocycles. The first-order chi connectivity index (χ1) is 10.8. The molecule has 3 aliphatic rings. The summed E-state index contributed by atoms with van der Waals surface area (Å²) in [6.07, 6.45) is 6.06. The van der Waals surface area contributed by atoms with E-state index in [0.717, 1.165) is 13.0 Å². The monoisotopic (exact) mass is 341 g/mol. The normalized spacial score (nSPS) is 30.2. The molecule has 0 aromatic heterocycles. The number of likely N-dealkylation sites (tertiary alicyclic amines) is 1. The van der Waals surface area contributed by atoms with Gasteiger partial charge in [-0.15, -0.1) is 0 Å². The van der Waals surface area contributed by atoms with Crippen LogP contribution in [-0.2, 0) is 4.74 Å². The summed E-state index contributed by atoms with van der Waals surface area (Å²) in [4.78, 5) is 25.8. The van der Waals surface area contributed by atoms with Gasteiger partial charge in [-0.2, -0.15) is 11.8 Å². The molecule has 0 aromatic rings. The highest BCUT2D eigenvalue weighted by Gasteiger charge is 2.58. The van der Waals surface area contributed by atoms with E-state index >= 15 is 0 Å². The molecule has 3 rings (SSSR count). The second-order valence-electron chi connectivity index (χ2n) is 7.72. The molecule has 0 radical (unpaired) electrons. The Hall–Kier alpha value is -1.11. The number of carbonyl (C=O) groups is 2. The fraction of sp³-hybridized carbons (Fsp3) is 0.875. The number of alkyl carbamates (subject to hydrolysis) is 1.